The predicted molar refractivity (Wildman–Crippen MR) is 79.1 cm³/mol. The number of morpholine rings is 1. The summed E-state index contributed by atoms with van der Waals surface area (Å²) in [5.41, 5.74) is 6.58. The second-order valence-corrected chi connectivity index (χ2v) is 5.22. The van der Waals surface area contributed by atoms with Crippen molar-refractivity contribution in [2.75, 3.05) is 39.5 Å². The number of β-amino-alcohol motifs (C(OH)–C–C–N with tert-alkyl or cyclic N) is 1. The molecule has 1 aliphatic rings. The van der Waals surface area contributed by atoms with Gasteiger partial charge >= 0.3 is 0 Å². The SMILES string of the molecule is NCc1cccc(OCC(O)CN2CCOCC2CO)c1. The van der Waals surface area contributed by atoms with E-state index in [-0.39, 0.29) is 19.3 Å². The Bertz CT molecular complexity index is 430. The van der Waals surface area contributed by atoms with Crippen molar-refractivity contribution in [3.63, 3.8) is 0 Å². The Labute approximate surface area is 125 Å². The lowest BCUT2D eigenvalue weighted by atomic mass is 10.2. The van der Waals surface area contributed by atoms with Gasteiger partial charge in [0.15, 0.2) is 0 Å². The standard InChI is InChI=1S/C15H24N2O4/c16-7-12-2-1-3-15(6-12)21-11-14(19)8-17-4-5-20-10-13(17)9-18/h1-3,6,13-14,18-19H,4-5,7-11,16H2. The summed E-state index contributed by atoms with van der Waals surface area (Å²) in [4.78, 5) is 2.04. The molecule has 0 amide bonds. The molecule has 0 aliphatic carbocycles. The highest BCUT2D eigenvalue weighted by molar-refractivity contribution is 5.28. The van der Waals surface area contributed by atoms with Crippen molar-refractivity contribution < 1.29 is 19.7 Å². The van der Waals surface area contributed by atoms with Gasteiger partial charge in [-0.2, -0.15) is 0 Å². The fourth-order valence-corrected chi connectivity index (χ4v) is 2.38. The van der Waals surface area contributed by atoms with Gasteiger partial charge in [-0.05, 0) is 17.7 Å². The average Bonchev–Trinajstić information content (AvgIpc) is 2.53. The Morgan fingerprint density at radius 2 is 2.33 bits per heavy atom. The summed E-state index contributed by atoms with van der Waals surface area (Å²) < 4.78 is 10.9. The Hall–Kier alpha value is -1.18. The van der Waals surface area contributed by atoms with Crippen LogP contribution in [-0.4, -0.2) is 66.8 Å². The molecule has 1 saturated heterocycles. The van der Waals surface area contributed by atoms with E-state index in [1.54, 1.807) is 0 Å². The normalized spacial score (nSPS) is 21.2. The van der Waals surface area contributed by atoms with Crippen LogP contribution >= 0.6 is 0 Å². The molecule has 6 nitrogen and oxygen atoms in total. The van der Waals surface area contributed by atoms with Crippen LogP contribution in [0.1, 0.15) is 5.56 Å². The van der Waals surface area contributed by atoms with Crippen molar-refractivity contribution in [1.29, 1.82) is 0 Å². The maximum absolute atomic E-state index is 10.1. The molecule has 0 radical (unpaired) electrons. The number of benzene rings is 1. The smallest absolute Gasteiger partial charge is 0.119 e. The number of nitrogens with zero attached hydrogens (tertiary/aromatic N) is 1. The predicted octanol–water partition coefficient (Wildman–Crippen LogP) is -0.422. The number of hydrogen-bond donors (Lipinski definition) is 3. The Kier molecular flexibility index (Phi) is 6.41. The molecule has 21 heavy (non-hydrogen) atoms. The Balaban J connectivity index is 1.79. The summed E-state index contributed by atoms with van der Waals surface area (Å²) in [7, 11) is 0. The molecule has 0 bridgehead atoms. The molecule has 0 saturated carbocycles. The first-order valence-electron chi connectivity index (χ1n) is 7.25. The molecule has 2 rings (SSSR count). The van der Waals surface area contributed by atoms with Crippen LogP contribution in [0.5, 0.6) is 5.75 Å². The zero-order valence-electron chi connectivity index (χ0n) is 12.1. The molecule has 4 N–H and O–H groups in total. The van der Waals surface area contributed by atoms with E-state index in [0.717, 1.165) is 5.56 Å². The minimum absolute atomic E-state index is 0.0339. The van der Waals surface area contributed by atoms with E-state index in [1.165, 1.54) is 0 Å². The summed E-state index contributed by atoms with van der Waals surface area (Å²) >= 11 is 0. The number of aliphatic hydroxyl groups is 2. The van der Waals surface area contributed by atoms with Crippen LogP contribution in [0.2, 0.25) is 0 Å². The van der Waals surface area contributed by atoms with Gasteiger partial charge in [-0.3, -0.25) is 4.90 Å². The molecule has 2 unspecified atom stereocenters. The van der Waals surface area contributed by atoms with Crippen molar-refractivity contribution in [2.24, 2.45) is 5.73 Å². The van der Waals surface area contributed by atoms with E-state index in [1.807, 2.05) is 29.2 Å². The largest absolute Gasteiger partial charge is 0.491 e. The molecule has 0 spiro atoms. The number of nitrogens with two attached hydrogens (primary N) is 1. The summed E-state index contributed by atoms with van der Waals surface area (Å²) in [5.74, 6) is 0.706. The van der Waals surface area contributed by atoms with Gasteiger partial charge in [0.25, 0.3) is 0 Å². The van der Waals surface area contributed by atoms with Gasteiger partial charge in [0.05, 0.1) is 25.9 Å². The first-order valence-corrected chi connectivity index (χ1v) is 7.25. The van der Waals surface area contributed by atoms with E-state index < -0.39 is 6.10 Å². The van der Waals surface area contributed by atoms with Gasteiger partial charge < -0.3 is 25.4 Å². The van der Waals surface area contributed by atoms with Crippen LogP contribution in [0.3, 0.4) is 0 Å². The van der Waals surface area contributed by atoms with Gasteiger partial charge in [-0.1, -0.05) is 12.1 Å². The van der Waals surface area contributed by atoms with Crippen molar-refractivity contribution >= 4 is 0 Å². The summed E-state index contributed by atoms with van der Waals surface area (Å²) in [6, 6.07) is 7.49. The van der Waals surface area contributed by atoms with Crippen LogP contribution in [0.4, 0.5) is 0 Å². The topological polar surface area (TPSA) is 88.2 Å². The molecule has 2 atom stereocenters. The molecule has 1 heterocycles. The van der Waals surface area contributed by atoms with Crippen molar-refractivity contribution in [2.45, 2.75) is 18.7 Å². The monoisotopic (exact) mass is 296 g/mol. The molecule has 1 aromatic carbocycles. The van der Waals surface area contributed by atoms with Gasteiger partial charge in [0, 0.05) is 19.6 Å². The molecule has 0 aromatic heterocycles. The van der Waals surface area contributed by atoms with Gasteiger partial charge in [0.1, 0.15) is 18.5 Å². The van der Waals surface area contributed by atoms with E-state index in [2.05, 4.69) is 0 Å². The van der Waals surface area contributed by atoms with Gasteiger partial charge in [0.2, 0.25) is 0 Å². The highest BCUT2D eigenvalue weighted by Gasteiger charge is 2.24. The van der Waals surface area contributed by atoms with E-state index >= 15 is 0 Å². The third kappa shape index (κ3) is 4.94. The third-order valence-electron chi connectivity index (χ3n) is 3.58. The number of hydrogen-bond acceptors (Lipinski definition) is 6. The molecule has 1 aromatic rings. The van der Waals surface area contributed by atoms with Gasteiger partial charge in [-0.15, -0.1) is 0 Å². The van der Waals surface area contributed by atoms with E-state index in [9.17, 15) is 10.2 Å². The molecular weight excluding hydrogens is 272 g/mol. The molecule has 6 heteroatoms. The summed E-state index contributed by atoms with van der Waals surface area (Å²) in [5, 5.41) is 19.4. The van der Waals surface area contributed by atoms with Crippen LogP contribution in [0, 0.1) is 0 Å². The van der Waals surface area contributed by atoms with Crippen LogP contribution in [-0.2, 0) is 11.3 Å². The highest BCUT2D eigenvalue weighted by Crippen LogP contribution is 2.14. The second kappa shape index (κ2) is 8.31. The highest BCUT2D eigenvalue weighted by atomic mass is 16.5. The van der Waals surface area contributed by atoms with Crippen LogP contribution in [0.15, 0.2) is 24.3 Å². The van der Waals surface area contributed by atoms with Crippen LogP contribution < -0.4 is 10.5 Å². The van der Waals surface area contributed by atoms with Crippen molar-refractivity contribution in [1.82, 2.24) is 4.90 Å². The molecule has 118 valence electrons. The first-order chi connectivity index (χ1) is 10.2. The quantitative estimate of drug-likeness (QED) is 0.633. The third-order valence-corrected chi connectivity index (χ3v) is 3.58. The summed E-state index contributed by atoms with van der Waals surface area (Å²) in [6.07, 6.45) is -0.612. The lowest BCUT2D eigenvalue weighted by molar-refractivity contribution is -0.0481. The fraction of sp³-hybridized carbons (Fsp3) is 0.600. The number of aliphatic hydroxyl groups excluding tert-OH is 2. The van der Waals surface area contributed by atoms with Crippen LogP contribution in [0.25, 0.3) is 0 Å². The molecule has 1 fully saturated rings. The average molecular weight is 296 g/mol. The summed E-state index contributed by atoms with van der Waals surface area (Å²) in [6.45, 7) is 3.02. The fourth-order valence-electron chi connectivity index (χ4n) is 2.38. The number of ether oxygens (including phenoxy) is 2. The lowest BCUT2D eigenvalue weighted by Crippen LogP contribution is -2.50. The zero-order valence-corrected chi connectivity index (χ0v) is 12.1. The molecule has 1 aliphatic heterocycles. The zero-order chi connectivity index (χ0) is 15.1. The minimum atomic E-state index is -0.612. The van der Waals surface area contributed by atoms with Gasteiger partial charge in [-0.25, -0.2) is 0 Å². The maximum Gasteiger partial charge on any atom is 0.119 e. The second-order valence-electron chi connectivity index (χ2n) is 5.22. The number of rotatable bonds is 7. The minimum Gasteiger partial charge on any atom is -0.491 e. The van der Waals surface area contributed by atoms with Crippen molar-refractivity contribution in [3.8, 4) is 5.75 Å². The molecular formula is C15H24N2O4. The van der Waals surface area contributed by atoms with Crippen molar-refractivity contribution in [3.05, 3.63) is 29.8 Å². The van der Waals surface area contributed by atoms with E-state index in [0.29, 0.717) is 38.6 Å². The first kappa shape index (κ1) is 16.2. The maximum atomic E-state index is 10.1. The Morgan fingerprint density at radius 1 is 1.48 bits per heavy atom. The lowest BCUT2D eigenvalue weighted by Gasteiger charge is -2.35. The Morgan fingerprint density at radius 3 is 3.10 bits per heavy atom. The van der Waals surface area contributed by atoms with E-state index in [4.69, 9.17) is 15.2 Å².